The molecular formula is C7H9N5O. The third-order valence-electron chi connectivity index (χ3n) is 1.14. The standard InChI is InChI=1S/C7H9N5O/c8-6(9)12-7(13)11-5-2-1-3-10-4-5/h1-4H,(H5,8,9,11,12,13). The maximum absolute atomic E-state index is 10.9. The molecule has 0 aliphatic carbocycles. The van der Waals surface area contributed by atoms with Crippen LogP contribution in [0.5, 0.6) is 0 Å². The first-order valence-electron chi connectivity index (χ1n) is 3.49. The highest BCUT2D eigenvalue weighted by Gasteiger charge is 1.98. The number of rotatable bonds is 1. The van der Waals surface area contributed by atoms with Crippen LogP contribution in [0.25, 0.3) is 0 Å². The van der Waals surface area contributed by atoms with E-state index in [9.17, 15) is 4.79 Å². The lowest BCUT2D eigenvalue weighted by atomic mass is 10.4. The molecule has 0 aliphatic heterocycles. The minimum Gasteiger partial charge on any atom is -0.370 e. The first-order chi connectivity index (χ1) is 6.18. The number of urea groups is 1. The van der Waals surface area contributed by atoms with Gasteiger partial charge in [-0.3, -0.25) is 4.98 Å². The maximum atomic E-state index is 10.9. The lowest BCUT2D eigenvalue weighted by Crippen LogP contribution is -2.25. The highest BCUT2D eigenvalue weighted by molar-refractivity contribution is 5.97. The Morgan fingerprint density at radius 3 is 2.85 bits per heavy atom. The molecule has 2 amide bonds. The Morgan fingerprint density at radius 2 is 2.31 bits per heavy atom. The molecule has 5 N–H and O–H groups in total. The molecule has 0 aliphatic rings. The fourth-order valence-corrected chi connectivity index (χ4v) is 0.705. The van der Waals surface area contributed by atoms with Gasteiger partial charge in [-0.1, -0.05) is 0 Å². The molecule has 0 saturated heterocycles. The number of pyridine rings is 1. The Morgan fingerprint density at radius 1 is 1.54 bits per heavy atom. The number of aliphatic imine (C=N–C) groups is 1. The van der Waals surface area contributed by atoms with Crippen molar-refractivity contribution in [2.45, 2.75) is 0 Å². The van der Waals surface area contributed by atoms with Gasteiger partial charge in [0.05, 0.1) is 11.9 Å². The largest absolute Gasteiger partial charge is 0.370 e. The molecule has 1 aromatic heterocycles. The second-order valence-electron chi connectivity index (χ2n) is 2.21. The summed E-state index contributed by atoms with van der Waals surface area (Å²) in [6.45, 7) is 0. The summed E-state index contributed by atoms with van der Waals surface area (Å²) in [6, 6.07) is 2.74. The van der Waals surface area contributed by atoms with Gasteiger partial charge in [0.15, 0.2) is 5.96 Å². The van der Waals surface area contributed by atoms with E-state index in [2.05, 4.69) is 15.3 Å². The van der Waals surface area contributed by atoms with Crippen LogP contribution in [0.3, 0.4) is 0 Å². The monoisotopic (exact) mass is 179 g/mol. The number of nitrogens with one attached hydrogen (secondary N) is 1. The molecule has 0 saturated carbocycles. The number of carbonyl (C=O) groups is 1. The van der Waals surface area contributed by atoms with E-state index in [0.29, 0.717) is 5.69 Å². The number of nitrogens with zero attached hydrogens (tertiary/aromatic N) is 2. The minimum absolute atomic E-state index is 0.276. The van der Waals surface area contributed by atoms with Gasteiger partial charge in [0.25, 0.3) is 0 Å². The van der Waals surface area contributed by atoms with Crippen LogP contribution in [-0.2, 0) is 0 Å². The molecule has 0 bridgehead atoms. The molecule has 0 atom stereocenters. The molecule has 1 rings (SSSR count). The van der Waals surface area contributed by atoms with Gasteiger partial charge < -0.3 is 16.8 Å². The van der Waals surface area contributed by atoms with Gasteiger partial charge in [-0.05, 0) is 12.1 Å². The van der Waals surface area contributed by atoms with Crippen molar-refractivity contribution in [3.63, 3.8) is 0 Å². The van der Waals surface area contributed by atoms with Crippen molar-refractivity contribution >= 4 is 17.7 Å². The van der Waals surface area contributed by atoms with Gasteiger partial charge in [-0.15, -0.1) is 0 Å². The van der Waals surface area contributed by atoms with Crippen molar-refractivity contribution in [1.82, 2.24) is 4.98 Å². The third-order valence-corrected chi connectivity index (χ3v) is 1.14. The zero-order chi connectivity index (χ0) is 9.68. The van der Waals surface area contributed by atoms with Crippen molar-refractivity contribution in [3.8, 4) is 0 Å². The van der Waals surface area contributed by atoms with E-state index in [0.717, 1.165) is 0 Å². The van der Waals surface area contributed by atoms with Crippen molar-refractivity contribution in [3.05, 3.63) is 24.5 Å². The third kappa shape index (κ3) is 3.19. The van der Waals surface area contributed by atoms with Gasteiger partial charge in [0, 0.05) is 6.20 Å². The Bertz CT molecular complexity index is 317. The van der Waals surface area contributed by atoms with Gasteiger partial charge in [0.1, 0.15) is 0 Å². The summed E-state index contributed by atoms with van der Waals surface area (Å²) in [5.41, 5.74) is 10.5. The minimum atomic E-state index is -0.618. The average molecular weight is 179 g/mol. The van der Waals surface area contributed by atoms with Crippen LogP contribution in [0.4, 0.5) is 10.5 Å². The van der Waals surface area contributed by atoms with Crippen LogP contribution in [0.1, 0.15) is 0 Å². The second-order valence-corrected chi connectivity index (χ2v) is 2.21. The van der Waals surface area contributed by atoms with E-state index in [-0.39, 0.29) is 5.96 Å². The predicted molar refractivity (Wildman–Crippen MR) is 49.1 cm³/mol. The SMILES string of the molecule is NC(N)=NC(=O)Nc1cccnc1. The molecule has 0 radical (unpaired) electrons. The summed E-state index contributed by atoms with van der Waals surface area (Å²) in [5.74, 6) is -0.276. The van der Waals surface area contributed by atoms with Crippen LogP contribution >= 0.6 is 0 Å². The molecular weight excluding hydrogens is 170 g/mol. The van der Waals surface area contributed by atoms with Gasteiger partial charge in [-0.25, -0.2) is 4.79 Å². The Hall–Kier alpha value is -2.11. The van der Waals surface area contributed by atoms with E-state index in [1.54, 1.807) is 18.3 Å². The summed E-state index contributed by atoms with van der Waals surface area (Å²) in [5, 5.41) is 2.42. The number of anilines is 1. The van der Waals surface area contributed by atoms with Gasteiger partial charge in [-0.2, -0.15) is 4.99 Å². The Balaban J connectivity index is 2.61. The van der Waals surface area contributed by atoms with Crippen molar-refractivity contribution in [1.29, 1.82) is 0 Å². The number of amides is 2. The number of nitrogens with two attached hydrogens (primary N) is 2. The Labute approximate surface area is 74.7 Å². The van der Waals surface area contributed by atoms with E-state index >= 15 is 0 Å². The van der Waals surface area contributed by atoms with Crippen LogP contribution in [0.2, 0.25) is 0 Å². The van der Waals surface area contributed by atoms with E-state index in [1.165, 1.54) is 6.20 Å². The summed E-state index contributed by atoms with van der Waals surface area (Å²) in [6.07, 6.45) is 3.08. The molecule has 1 aromatic rings. The van der Waals surface area contributed by atoms with Crippen molar-refractivity contribution in [2.24, 2.45) is 16.5 Å². The first kappa shape index (κ1) is 8.98. The average Bonchev–Trinajstić information content (AvgIpc) is 2.04. The molecule has 6 heteroatoms. The molecule has 0 aromatic carbocycles. The maximum Gasteiger partial charge on any atom is 0.348 e. The summed E-state index contributed by atoms with van der Waals surface area (Å²) in [7, 11) is 0. The first-order valence-corrected chi connectivity index (χ1v) is 3.49. The van der Waals surface area contributed by atoms with Crippen LogP contribution in [-0.4, -0.2) is 17.0 Å². The van der Waals surface area contributed by atoms with Crippen LogP contribution in [0.15, 0.2) is 29.5 Å². The van der Waals surface area contributed by atoms with E-state index in [4.69, 9.17) is 11.5 Å². The van der Waals surface area contributed by atoms with Crippen LogP contribution < -0.4 is 16.8 Å². The molecule has 0 spiro atoms. The number of guanidine groups is 1. The smallest absolute Gasteiger partial charge is 0.348 e. The summed E-state index contributed by atoms with van der Waals surface area (Å²) in [4.78, 5) is 18.0. The topological polar surface area (TPSA) is 106 Å². The van der Waals surface area contributed by atoms with E-state index in [1.807, 2.05) is 0 Å². The number of hydrogen-bond donors (Lipinski definition) is 3. The van der Waals surface area contributed by atoms with Gasteiger partial charge in [0.2, 0.25) is 0 Å². The number of carbonyl (C=O) groups excluding carboxylic acids is 1. The molecule has 13 heavy (non-hydrogen) atoms. The normalized spacial score (nSPS) is 8.92. The highest BCUT2D eigenvalue weighted by Crippen LogP contribution is 2.02. The zero-order valence-corrected chi connectivity index (χ0v) is 6.77. The predicted octanol–water partition coefficient (Wildman–Crippen LogP) is -0.113. The fraction of sp³-hybridized carbons (Fsp3) is 0. The lowest BCUT2D eigenvalue weighted by molar-refractivity contribution is 0.259. The fourth-order valence-electron chi connectivity index (χ4n) is 0.705. The quantitative estimate of drug-likeness (QED) is 0.413. The number of hydrogen-bond acceptors (Lipinski definition) is 2. The summed E-state index contributed by atoms with van der Waals surface area (Å²) >= 11 is 0. The molecule has 0 fully saturated rings. The summed E-state index contributed by atoms with van der Waals surface area (Å²) < 4.78 is 0. The van der Waals surface area contributed by atoms with Crippen LogP contribution in [0, 0.1) is 0 Å². The van der Waals surface area contributed by atoms with E-state index < -0.39 is 6.03 Å². The molecule has 0 unspecified atom stereocenters. The van der Waals surface area contributed by atoms with Crippen molar-refractivity contribution in [2.75, 3.05) is 5.32 Å². The molecule has 6 nitrogen and oxygen atoms in total. The van der Waals surface area contributed by atoms with Gasteiger partial charge >= 0.3 is 6.03 Å². The number of aromatic nitrogens is 1. The molecule has 1 heterocycles. The lowest BCUT2D eigenvalue weighted by Gasteiger charge is -1.99. The zero-order valence-electron chi connectivity index (χ0n) is 6.77. The second kappa shape index (κ2) is 4.05. The Kier molecular flexibility index (Phi) is 2.80. The molecule has 68 valence electrons. The highest BCUT2D eigenvalue weighted by atomic mass is 16.2. The van der Waals surface area contributed by atoms with Crippen molar-refractivity contribution < 1.29 is 4.79 Å².